The Labute approximate surface area is 191 Å². The van der Waals surface area contributed by atoms with E-state index in [0.29, 0.717) is 30.1 Å². The molecule has 0 heterocycles. The second kappa shape index (κ2) is 6.83. The lowest BCUT2D eigenvalue weighted by molar-refractivity contribution is -0.252. The zero-order valence-corrected chi connectivity index (χ0v) is 20.1. The van der Waals surface area contributed by atoms with Crippen molar-refractivity contribution in [2.24, 2.45) is 52.3 Å². The summed E-state index contributed by atoms with van der Waals surface area (Å²) in [5.74, 6) is 7.10. The Morgan fingerprint density at radius 3 is 2.56 bits per heavy atom. The third kappa shape index (κ3) is 2.55. The molecule has 0 aromatic heterocycles. The maximum absolute atomic E-state index is 12.4. The molecule has 5 nitrogen and oxygen atoms in total. The van der Waals surface area contributed by atoms with Crippen molar-refractivity contribution < 1.29 is 24.5 Å². The van der Waals surface area contributed by atoms with Crippen molar-refractivity contribution in [3.8, 4) is 11.8 Å². The van der Waals surface area contributed by atoms with Gasteiger partial charge in [0.1, 0.15) is 11.4 Å². The van der Waals surface area contributed by atoms with E-state index in [1.165, 1.54) is 0 Å². The summed E-state index contributed by atoms with van der Waals surface area (Å²) < 4.78 is 4.99. The largest absolute Gasteiger partial charge is 0.456 e. The number of Topliss-reactive ketones (excluding diaryl/α,β-unsaturated/α-hetero) is 1. The fourth-order valence-electron chi connectivity index (χ4n) is 9.36. The van der Waals surface area contributed by atoms with Crippen LogP contribution in [-0.4, -0.2) is 39.8 Å². The molecular weight excluding hydrogens is 404 g/mol. The second-order valence-corrected chi connectivity index (χ2v) is 12.1. The predicted molar refractivity (Wildman–Crippen MR) is 119 cm³/mol. The Bertz CT molecular complexity index is 917. The van der Waals surface area contributed by atoms with Crippen molar-refractivity contribution in [1.82, 2.24) is 0 Å². The van der Waals surface area contributed by atoms with E-state index < -0.39 is 17.2 Å². The van der Waals surface area contributed by atoms with Crippen LogP contribution in [0.3, 0.4) is 0 Å². The van der Waals surface area contributed by atoms with Crippen molar-refractivity contribution in [2.75, 3.05) is 6.61 Å². The molecule has 0 spiro atoms. The highest BCUT2D eigenvalue weighted by molar-refractivity contribution is 5.88. The summed E-state index contributed by atoms with van der Waals surface area (Å²) in [6.45, 7) is 10.8. The molecule has 5 saturated carbocycles. The van der Waals surface area contributed by atoms with Gasteiger partial charge in [-0.1, -0.05) is 33.6 Å². The number of hydrogen-bond donors (Lipinski definition) is 2. The van der Waals surface area contributed by atoms with E-state index in [4.69, 9.17) is 4.74 Å². The number of ether oxygens (including phenoxy) is 1. The Kier molecular flexibility index (Phi) is 4.78. The minimum Gasteiger partial charge on any atom is -0.456 e. The topological polar surface area (TPSA) is 83.8 Å². The highest BCUT2D eigenvalue weighted by Gasteiger charge is 2.78. The van der Waals surface area contributed by atoms with Crippen molar-refractivity contribution in [3.63, 3.8) is 0 Å². The van der Waals surface area contributed by atoms with E-state index in [1.807, 2.05) is 0 Å². The van der Waals surface area contributed by atoms with Crippen LogP contribution < -0.4 is 0 Å². The van der Waals surface area contributed by atoms with E-state index in [0.717, 1.165) is 25.7 Å². The summed E-state index contributed by atoms with van der Waals surface area (Å²) >= 11 is 0. The van der Waals surface area contributed by atoms with Crippen LogP contribution in [0.5, 0.6) is 0 Å². The summed E-state index contributed by atoms with van der Waals surface area (Å²) in [6, 6.07) is 0. The summed E-state index contributed by atoms with van der Waals surface area (Å²) in [6.07, 6.45) is 4.31. The van der Waals surface area contributed by atoms with E-state index in [2.05, 4.69) is 39.5 Å². The van der Waals surface area contributed by atoms with Gasteiger partial charge in [0.25, 0.3) is 0 Å². The molecule has 0 bridgehead atoms. The highest BCUT2D eigenvalue weighted by Crippen LogP contribution is 2.78. The zero-order chi connectivity index (χ0) is 23.3. The minimum atomic E-state index is -1.17. The Balaban J connectivity index is 1.54. The van der Waals surface area contributed by atoms with Gasteiger partial charge >= 0.3 is 5.97 Å². The molecule has 0 saturated heterocycles. The van der Waals surface area contributed by atoms with E-state index >= 15 is 0 Å². The lowest BCUT2D eigenvalue weighted by atomic mass is 9.38. The van der Waals surface area contributed by atoms with Gasteiger partial charge in [-0.25, -0.2) is 4.79 Å². The van der Waals surface area contributed by atoms with Gasteiger partial charge in [0.05, 0.1) is 12.2 Å². The number of esters is 1. The van der Waals surface area contributed by atoms with Crippen molar-refractivity contribution in [3.05, 3.63) is 0 Å². The average Bonchev–Trinajstić information content (AvgIpc) is 3.50. The molecule has 5 rings (SSSR count). The molecule has 176 valence electrons. The van der Waals surface area contributed by atoms with Gasteiger partial charge in [-0.3, -0.25) is 4.79 Å². The molecule has 0 radical (unpaired) electrons. The van der Waals surface area contributed by atoms with Crippen LogP contribution in [0, 0.1) is 64.1 Å². The fourth-order valence-corrected chi connectivity index (χ4v) is 9.36. The lowest BCUT2D eigenvalue weighted by Crippen LogP contribution is -2.69. The first-order chi connectivity index (χ1) is 14.9. The third-order valence-electron chi connectivity index (χ3n) is 11.3. The first-order valence-corrected chi connectivity index (χ1v) is 12.6. The Morgan fingerprint density at radius 1 is 1.16 bits per heavy atom. The van der Waals surface area contributed by atoms with Crippen LogP contribution in [-0.2, 0) is 14.3 Å². The van der Waals surface area contributed by atoms with Crippen molar-refractivity contribution >= 4 is 11.8 Å². The first-order valence-electron chi connectivity index (χ1n) is 12.6. The van der Waals surface area contributed by atoms with Crippen LogP contribution in [0.25, 0.3) is 0 Å². The molecule has 0 aromatic carbocycles. The van der Waals surface area contributed by atoms with Crippen molar-refractivity contribution in [2.45, 2.75) is 84.3 Å². The number of carbonyl (C=O) groups is 2. The fraction of sp³-hybridized carbons (Fsp3) is 0.852. The normalized spacial score (nSPS) is 55.5. The average molecular weight is 443 g/mol. The maximum atomic E-state index is 12.4. The quantitative estimate of drug-likeness (QED) is 0.370. The van der Waals surface area contributed by atoms with Gasteiger partial charge in [-0.15, -0.1) is 0 Å². The summed E-state index contributed by atoms with van der Waals surface area (Å²) in [5, 5.41) is 23.9. The maximum Gasteiger partial charge on any atom is 0.384 e. The SMILES string of the molecule is CCOC(=O)C#CC1(O)C2C[C@H]2C2C3C(C)[C@@H](C)C4(O)CC(=O)CCC4(C)C3CCC21C. The molecule has 32 heavy (non-hydrogen) atoms. The predicted octanol–water partition coefficient (Wildman–Crippen LogP) is 3.36. The zero-order valence-electron chi connectivity index (χ0n) is 20.1. The van der Waals surface area contributed by atoms with Gasteiger partial charge < -0.3 is 14.9 Å². The van der Waals surface area contributed by atoms with Gasteiger partial charge in [0, 0.05) is 35.5 Å². The first kappa shape index (κ1) is 22.4. The molecule has 5 aliphatic rings. The standard InChI is InChI=1S/C27H38O5/c1-6-32-21(29)9-12-26(30)20-13-18(20)23-22-15(2)16(3)27(31)14-17(28)7-10-24(27,4)19(22)8-11-25(23,26)5/h15-16,18-20,22-23,30-31H,6-8,10-11,13-14H2,1-5H3/t15?,16-,18-,19?,20?,22?,23?,24?,25?,26?,27?/m1/s1. The van der Waals surface area contributed by atoms with Crippen LogP contribution in [0.15, 0.2) is 0 Å². The number of rotatable bonds is 1. The molecule has 5 heteroatoms. The smallest absolute Gasteiger partial charge is 0.384 e. The van der Waals surface area contributed by atoms with Crippen LogP contribution in [0.1, 0.15) is 73.1 Å². The van der Waals surface area contributed by atoms with Gasteiger partial charge in [-0.2, -0.15) is 0 Å². The van der Waals surface area contributed by atoms with E-state index in [-0.39, 0.29) is 47.4 Å². The van der Waals surface area contributed by atoms with Crippen LogP contribution in [0.2, 0.25) is 0 Å². The van der Waals surface area contributed by atoms with Crippen LogP contribution in [0.4, 0.5) is 0 Å². The lowest BCUT2D eigenvalue weighted by Gasteiger charge is -2.68. The minimum absolute atomic E-state index is 0.0249. The van der Waals surface area contributed by atoms with Gasteiger partial charge in [0.15, 0.2) is 0 Å². The second-order valence-electron chi connectivity index (χ2n) is 12.1. The summed E-state index contributed by atoms with van der Waals surface area (Å²) in [5.41, 5.74) is -2.76. The third-order valence-corrected chi connectivity index (χ3v) is 11.3. The number of fused-ring (bicyclic) bond motifs is 7. The molecule has 5 fully saturated rings. The molecule has 2 N–H and O–H groups in total. The number of hydrogen-bond acceptors (Lipinski definition) is 5. The molecule has 9 unspecified atom stereocenters. The molecule has 0 amide bonds. The van der Waals surface area contributed by atoms with E-state index in [1.54, 1.807) is 6.92 Å². The number of carbonyl (C=O) groups excluding carboxylic acids is 2. The van der Waals surface area contributed by atoms with Crippen molar-refractivity contribution in [1.29, 1.82) is 0 Å². The summed E-state index contributed by atoms with van der Waals surface area (Å²) in [4.78, 5) is 24.3. The molecule has 11 atom stereocenters. The van der Waals surface area contributed by atoms with Gasteiger partial charge in [0.2, 0.25) is 0 Å². The molecule has 0 aliphatic heterocycles. The molecule has 5 aliphatic carbocycles. The summed E-state index contributed by atoms with van der Waals surface area (Å²) in [7, 11) is 0. The highest BCUT2D eigenvalue weighted by atomic mass is 16.5. The van der Waals surface area contributed by atoms with Crippen LogP contribution >= 0.6 is 0 Å². The van der Waals surface area contributed by atoms with Gasteiger partial charge in [-0.05, 0) is 68.1 Å². The van der Waals surface area contributed by atoms with E-state index in [9.17, 15) is 19.8 Å². The Morgan fingerprint density at radius 2 is 1.88 bits per heavy atom. The monoisotopic (exact) mass is 442 g/mol. The molecule has 0 aromatic rings. The Hall–Kier alpha value is -1.38. The molecular formula is C27H38O5. The number of aliphatic hydroxyl groups is 2. The number of ketones is 1.